The Bertz CT molecular complexity index is 667. The summed E-state index contributed by atoms with van der Waals surface area (Å²) in [5.74, 6) is 0.345. The van der Waals surface area contributed by atoms with E-state index in [1.807, 2.05) is 13.8 Å². The molecule has 21 heavy (non-hydrogen) atoms. The number of methoxy groups -OCH3 is 1. The van der Waals surface area contributed by atoms with E-state index in [1.54, 1.807) is 36.9 Å². The maximum atomic E-state index is 12.1. The number of benzene rings is 1. The molecule has 1 aromatic carbocycles. The number of rotatable bonds is 4. The first kappa shape index (κ1) is 15.3. The lowest BCUT2D eigenvalue weighted by molar-refractivity contribution is 0.0937. The summed E-state index contributed by atoms with van der Waals surface area (Å²) in [5.41, 5.74) is 1.54. The van der Waals surface area contributed by atoms with Crippen LogP contribution in [-0.2, 0) is 0 Å². The molecule has 7 heteroatoms. The smallest absolute Gasteiger partial charge is 0.273 e. The maximum absolute atomic E-state index is 12.1. The molecular formula is C14H17ClN4O2. The summed E-state index contributed by atoms with van der Waals surface area (Å²) >= 11 is 6.02. The Kier molecular flexibility index (Phi) is 4.47. The molecule has 0 bridgehead atoms. The van der Waals surface area contributed by atoms with Gasteiger partial charge in [-0.15, -0.1) is 5.10 Å². The zero-order valence-corrected chi connectivity index (χ0v) is 13.1. The van der Waals surface area contributed by atoms with Crippen LogP contribution < -0.4 is 10.1 Å². The number of carbonyl (C=O) groups is 1. The minimum Gasteiger partial charge on any atom is -0.494 e. The van der Waals surface area contributed by atoms with Crippen molar-refractivity contribution in [1.82, 2.24) is 20.3 Å². The molecule has 0 saturated carbocycles. The number of amides is 1. The largest absolute Gasteiger partial charge is 0.494 e. The number of carbonyl (C=O) groups excluding carboxylic acids is 1. The Morgan fingerprint density at radius 3 is 2.76 bits per heavy atom. The van der Waals surface area contributed by atoms with Crippen molar-refractivity contribution in [3.63, 3.8) is 0 Å². The van der Waals surface area contributed by atoms with Crippen molar-refractivity contribution in [2.45, 2.75) is 26.8 Å². The Morgan fingerprint density at radius 2 is 2.14 bits per heavy atom. The van der Waals surface area contributed by atoms with E-state index in [2.05, 4.69) is 15.6 Å². The van der Waals surface area contributed by atoms with Crippen LogP contribution in [0.5, 0.6) is 5.75 Å². The van der Waals surface area contributed by atoms with Crippen molar-refractivity contribution in [1.29, 1.82) is 0 Å². The summed E-state index contributed by atoms with van der Waals surface area (Å²) < 4.78 is 6.84. The first-order valence-corrected chi connectivity index (χ1v) is 6.89. The summed E-state index contributed by atoms with van der Waals surface area (Å²) in [6, 6.07) is 5.21. The van der Waals surface area contributed by atoms with Crippen LogP contribution in [0.3, 0.4) is 0 Å². The van der Waals surface area contributed by atoms with Gasteiger partial charge in [-0.05, 0) is 39.0 Å². The zero-order valence-electron chi connectivity index (χ0n) is 12.3. The van der Waals surface area contributed by atoms with Crippen LogP contribution >= 0.6 is 11.6 Å². The first-order valence-electron chi connectivity index (χ1n) is 6.51. The van der Waals surface area contributed by atoms with Gasteiger partial charge >= 0.3 is 0 Å². The minimum absolute atomic E-state index is 0.0303. The van der Waals surface area contributed by atoms with Crippen molar-refractivity contribution in [3.8, 4) is 11.4 Å². The Balaban J connectivity index is 2.45. The van der Waals surface area contributed by atoms with Crippen LogP contribution in [0, 0.1) is 6.92 Å². The lowest BCUT2D eigenvalue weighted by Crippen LogP contribution is -2.30. The molecule has 112 valence electrons. The van der Waals surface area contributed by atoms with Gasteiger partial charge in [0.25, 0.3) is 5.91 Å². The van der Waals surface area contributed by atoms with Gasteiger partial charge in [0.05, 0.1) is 12.8 Å². The highest BCUT2D eigenvalue weighted by atomic mass is 35.5. The number of hydrogen-bond donors (Lipinski definition) is 1. The molecule has 2 rings (SSSR count). The molecule has 2 aromatic rings. The van der Waals surface area contributed by atoms with Gasteiger partial charge in [0, 0.05) is 11.1 Å². The van der Waals surface area contributed by atoms with Crippen LogP contribution in [0.15, 0.2) is 18.2 Å². The second-order valence-corrected chi connectivity index (χ2v) is 5.32. The average molecular weight is 309 g/mol. The van der Waals surface area contributed by atoms with Gasteiger partial charge in [0.2, 0.25) is 0 Å². The van der Waals surface area contributed by atoms with Gasteiger partial charge < -0.3 is 10.1 Å². The lowest BCUT2D eigenvalue weighted by Gasteiger charge is -2.10. The summed E-state index contributed by atoms with van der Waals surface area (Å²) in [7, 11) is 1.56. The van der Waals surface area contributed by atoms with Crippen molar-refractivity contribution < 1.29 is 9.53 Å². The molecule has 1 N–H and O–H groups in total. The molecule has 0 atom stereocenters. The lowest BCUT2D eigenvalue weighted by atomic mass is 10.2. The van der Waals surface area contributed by atoms with E-state index in [0.29, 0.717) is 22.2 Å². The fraction of sp³-hybridized carbons (Fsp3) is 0.357. The van der Waals surface area contributed by atoms with E-state index >= 15 is 0 Å². The fourth-order valence-electron chi connectivity index (χ4n) is 1.93. The maximum Gasteiger partial charge on any atom is 0.273 e. The molecule has 0 unspecified atom stereocenters. The second-order valence-electron chi connectivity index (χ2n) is 4.88. The van der Waals surface area contributed by atoms with Crippen LogP contribution in [0.1, 0.15) is 30.0 Å². The minimum atomic E-state index is -0.255. The summed E-state index contributed by atoms with van der Waals surface area (Å²) in [4.78, 5) is 12.1. The topological polar surface area (TPSA) is 69.0 Å². The molecule has 0 aliphatic carbocycles. The van der Waals surface area contributed by atoms with E-state index in [9.17, 15) is 4.79 Å². The van der Waals surface area contributed by atoms with Gasteiger partial charge in [-0.2, -0.15) is 0 Å². The van der Waals surface area contributed by atoms with Gasteiger partial charge in [0.15, 0.2) is 5.69 Å². The van der Waals surface area contributed by atoms with Gasteiger partial charge in [0.1, 0.15) is 11.4 Å². The highest BCUT2D eigenvalue weighted by Crippen LogP contribution is 2.27. The molecule has 0 aliphatic rings. The van der Waals surface area contributed by atoms with E-state index in [-0.39, 0.29) is 17.6 Å². The Labute approximate surface area is 128 Å². The summed E-state index contributed by atoms with van der Waals surface area (Å²) in [5, 5.41) is 11.3. The van der Waals surface area contributed by atoms with Crippen LogP contribution in [0.2, 0.25) is 5.02 Å². The highest BCUT2D eigenvalue weighted by Gasteiger charge is 2.19. The number of halogens is 1. The molecule has 0 spiro atoms. The van der Waals surface area contributed by atoms with Crippen molar-refractivity contribution >= 4 is 17.5 Å². The Morgan fingerprint density at radius 1 is 1.43 bits per heavy atom. The molecule has 1 heterocycles. The van der Waals surface area contributed by atoms with Gasteiger partial charge in [-0.1, -0.05) is 16.8 Å². The summed E-state index contributed by atoms with van der Waals surface area (Å²) in [6.07, 6.45) is 0. The van der Waals surface area contributed by atoms with Crippen LogP contribution in [0.4, 0.5) is 0 Å². The third-order valence-corrected chi connectivity index (χ3v) is 3.13. The van der Waals surface area contributed by atoms with Crippen LogP contribution in [0.25, 0.3) is 5.69 Å². The normalized spacial score (nSPS) is 10.8. The summed E-state index contributed by atoms with van der Waals surface area (Å²) in [6.45, 7) is 5.55. The van der Waals surface area contributed by atoms with Crippen molar-refractivity contribution in [2.24, 2.45) is 0 Å². The van der Waals surface area contributed by atoms with Gasteiger partial charge in [-0.25, -0.2) is 4.68 Å². The van der Waals surface area contributed by atoms with Crippen molar-refractivity contribution in [3.05, 3.63) is 34.6 Å². The standard InChI is InChI=1S/C14H17ClN4O2/c1-8(2)16-14(20)13-9(3)19(18-17-13)11-7-10(15)5-6-12(11)21-4/h5-8H,1-4H3,(H,16,20). The average Bonchev–Trinajstić information content (AvgIpc) is 2.79. The second kappa shape index (κ2) is 6.13. The number of aromatic nitrogens is 3. The fourth-order valence-corrected chi connectivity index (χ4v) is 2.09. The van der Waals surface area contributed by atoms with Crippen LogP contribution in [-0.4, -0.2) is 34.1 Å². The molecule has 1 amide bonds. The first-order chi connectivity index (χ1) is 9.93. The monoisotopic (exact) mass is 308 g/mol. The van der Waals surface area contributed by atoms with E-state index in [0.717, 1.165) is 0 Å². The molecule has 1 aromatic heterocycles. The molecular weight excluding hydrogens is 292 g/mol. The predicted molar refractivity (Wildman–Crippen MR) is 80.3 cm³/mol. The molecule has 0 fully saturated rings. The molecule has 6 nitrogen and oxygen atoms in total. The third-order valence-electron chi connectivity index (χ3n) is 2.90. The van der Waals surface area contributed by atoms with E-state index in [1.165, 1.54) is 0 Å². The molecule has 0 radical (unpaired) electrons. The number of nitrogens with one attached hydrogen (secondary N) is 1. The number of ether oxygens (including phenoxy) is 1. The highest BCUT2D eigenvalue weighted by molar-refractivity contribution is 6.30. The molecule has 0 aliphatic heterocycles. The van der Waals surface area contributed by atoms with E-state index < -0.39 is 0 Å². The van der Waals surface area contributed by atoms with E-state index in [4.69, 9.17) is 16.3 Å². The predicted octanol–water partition coefficient (Wildman–Crippen LogP) is 2.38. The molecule has 0 saturated heterocycles. The quantitative estimate of drug-likeness (QED) is 0.941. The van der Waals surface area contributed by atoms with Gasteiger partial charge in [-0.3, -0.25) is 4.79 Å². The zero-order chi connectivity index (χ0) is 15.6. The number of hydrogen-bond acceptors (Lipinski definition) is 4. The third kappa shape index (κ3) is 3.16. The van der Waals surface area contributed by atoms with Crippen molar-refractivity contribution in [2.75, 3.05) is 7.11 Å². The SMILES string of the molecule is COc1ccc(Cl)cc1-n1nnc(C(=O)NC(C)C)c1C. The Hall–Kier alpha value is -2.08. The number of nitrogens with zero attached hydrogens (tertiary/aromatic N) is 3.